The Bertz CT molecular complexity index is 728. The molecular weight excluding hydrogens is 270 g/mol. The van der Waals surface area contributed by atoms with E-state index in [-0.39, 0.29) is 0 Å². The molecule has 4 rings (SSSR count). The highest BCUT2D eigenvalue weighted by atomic mass is 32.1. The van der Waals surface area contributed by atoms with Crippen molar-refractivity contribution in [2.24, 2.45) is 0 Å². The van der Waals surface area contributed by atoms with Gasteiger partial charge in [-0.25, -0.2) is 4.98 Å². The van der Waals surface area contributed by atoms with Crippen LogP contribution in [-0.4, -0.2) is 10.1 Å². The fourth-order valence-corrected chi connectivity index (χ4v) is 4.13. The van der Waals surface area contributed by atoms with E-state index in [9.17, 15) is 5.11 Å². The zero-order valence-electron chi connectivity index (χ0n) is 11.0. The third kappa shape index (κ3) is 1.87. The Balaban J connectivity index is 1.72. The average Bonchev–Trinajstić information content (AvgIpc) is 3.04. The fraction of sp³-hybridized carbons (Fsp3) is 0.312. The van der Waals surface area contributed by atoms with Crippen molar-refractivity contribution >= 4 is 21.6 Å². The molecule has 0 saturated heterocycles. The first-order valence-electron chi connectivity index (χ1n) is 6.88. The monoisotopic (exact) mass is 285 g/mol. The minimum Gasteiger partial charge on any atom is -0.469 e. The lowest BCUT2D eigenvalue weighted by Gasteiger charge is -2.30. The summed E-state index contributed by atoms with van der Waals surface area (Å²) < 4.78 is 6.65. The van der Waals surface area contributed by atoms with E-state index in [1.165, 1.54) is 4.70 Å². The van der Waals surface area contributed by atoms with Crippen molar-refractivity contribution in [3.63, 3.8) is 0 Å². The van der Waals surface area contributed by atoms with Crippen LogP contribution >= 0.6 is 11.3 Å². The first-order valence-corrected chi connectivity index (χ1v) is 7.70. The van der Waals surface area contributed by atoms with Gasteiger partial charge in [-0.05, 0) is 31.0 Å². The summed E-state index contributed by atoms with van der Waals surface area (Å²) in [6, 6.07) is 10.0. The molecule has 4 heteroatoms. The molecule has 102 valence electrons. The standard InChI is InChI=1S/C16H15NO2S/c18-16(8-3-5-13-11(16)7-9-19-13)10-15-17-12-4-1-2-6-14(12)20-15/h1-2,4,6-7,9,18H,3,5,8,10H2. The van der Waals surface area contributed by atoms with Crippen molar-refractivity contribution < 1.29 is 9.52 Å². The number of nitrogens with zero attached hydrogens (tertiary/aromatic N) is 1. The van der Waals surface area contributed by atoms with Crippen LogP contribution in [0.4, 0.5) is 0 Å². The topological polar surface area (TPSA) is 46.3 Å². The molecule has 3 nitrogen and oxygen atoms in total. The van der Waals surface area contributed by atoms with E-state index in [0.29, 0.717) is 6.42 Å². The van der Waals surface area contributed by atoms with Gasteiger partial charge in [0.2, 0.25) is 0 Å². The maximum absolute atomic E-state index is 11.0. The van der Waals surface area contributed by atoms with Gasteiger partial charge in [0.25, 0.3) is 0 Å². The number of aromatic nitrogens is 1. The molecule has 1 aliphatic carbocycles. The molecular formula is C16H15NO2S. The second-order valence-electron chi connectivity index (χ2n) is 5.39. The smallest absolute Gasteiger partial charge is 0.109 e. The van der Waals surface area contributed by atoms with E-state index in [1.807, 2.05) is 24.3 Å². The Morgan fingerprint density at radius 2 is 2.20 bits per heavy atom. The summed E-state index contributed by atoms with van der Waals surface area (Å²) in [7, 11) is 0. The van der Waals surface area contributed by atoms with Crippen LogP contribution in [0, 0.1) is 0 Å². The summed E-state index contributed by atoms with van der Waals surface area (Å²) in [6.07, 6.45) is 4.90. The maximum Gasteiger partial charge on any atom is 0.109 e. The Morgan fingerprint density at radius 3 is 3.10 bits per heavy atom. The molecule has 0 radical (unpaired) electrons. The van der Waals surface area contributed by atoms with Gasteiger partial charge in [0.05, 0.1) is 27.1 Å². The van der Waals surface area contributed by atoms with Crippen LogP contribution in [0.15, 0.2) is 41.0 Å². The van der Waals surface area contributed by atoms with Crippen LogP contribution < -0.4 is 0 Å². The number of aliphatic hydroxyl groups is 1. The van der Waals surface area contributed by atoms with Gasteiger partial charge in [-0.2, -0.15) is 0 Å². The van der Waals surface area contributed by atoms with E-state index < -0.39 is 5.60 Å². The second kappa shape index (κ2) is 4.43. The molecule has 2 aromatic heterocycles. The predicted molar refractivity (Wildman–Crippen MR) is 78.9 cm³/mol. The normalized spacial score (nSPS) is 22.1. The lowest BCUT2D eigenvalue weighted by atomic mass is 9.81. The Kier molecular flexibility index (Phi) is 2.69. The summed E-state index contributed by atoms with van der Waals surface area (Å²) in [5, 5.41) is 12.0. The van der Waals surface area contributed by atoms with Crippen molar-refractivity contribution in [3.05, 3.63) is 52.9 Å². The fourth-order valence-electron chi connectivity index (χ4n) is 3.05. The molecule has 0 amide bonds. The van der Waals surface area contributed by atoms with Crippen molar-refractivity contribution in [2.75, 3.05) is 0 Å². The molecule has 1 aliphatic rings. The maximum atomic E-state index is 11.0. The molecule has 2 heterocycles. The molecule has 0 spiro atoms. The molecule has 1 N–H and O–H groups in total. The zero-order chi connectivity index (χ0) is 13.6. The number of aryl methyl sites for hydroxylation is 1. The molecule has 0 fully saturated rings. The number of hydrogen-bond acceptors (Lipinski definition) is 4. The van der Waals surface area contributed by atoms with Crippen LogP contribution in [0.1, 0.15) is 29.2 Å². The zero-order valence-corrected chi connectivity index (χ0v) is 11.8. The van der Waals surface area contributed by atoms with E-state index in [2.05, 4.69) is 11.1 Å². The van der Waals surface area contributed by atoms with Gasteiger partial charge < -0.3 is 9.52 Å². The first kappa shape index (κ1) is 12.1. The van der Waals surface area contributed by atoms with Gasteiger partial charge >= 0.3 is 0 Å². The third-order valence-electron chi connectivity index (χ3n) is 4.02. The van der Waals surface area contributed by atoms with Gasteiger partial charge in [0.1, 0.15) is 5.76 Å². The third-order valence-corrected chi connectivity index (χ3v) is 5.06. The number of benzene rings is 1. The number of thiazole rings is 1. The van der Waals surface area contributed by atoms with Crippen molar-refractivity contribution in [1.29, 1.82) is 0 Å². The summed E-state index contributed by atoms with van der Waals surface area (Å²) >= 11 is 1.67. The minimum atomic E-state index is -0.825. The summed E-state index contributed by atoms with van der Waals surface area (Å²) in [5.74, 6) is 0.930. The van der Waals surface area contributed by atoms with E-state index in [1.54, 1.807) is 17.6 Å². The van der Waals surface area contributed by atoms with Crippen molar-refractivity contribution in [2.45, 2.75) is 31.3 Å². The van der Waals surface area contributed by atoms with Crippen molar-refractivity contribution in [3.8, 4) is 0 Å². The number of furan rings is 1. The summed E-state index contributed by atoms with van der Waals surface area (Å²) in [4.78, 5) is 4.64. The van der Waals surface area contributed by atoms with Crippen LogP contribution in [0.25, 0.3) is 10.2 Å². The number of fused-ring (bicyclic) bond motifs is 2. The minimum absolute atomic E-state index is 0.568. The Morgan fingerprint density at radius 1 is 1.30 bits per heavy atom. The van der Waals surface area contributed by atoms with Gasteiger partial charge in [-0.15, -0.1) is 11.3 Å². The Labute approximate surface area is 120 Å². The number of hydrogen-bond donors (Lipinski definition) is 1. The van der Waals surface area contributed by atoms with Gasteiger partial charge in [-0.3, -0.25) is 0 Å². The molecule has 3 aromatic rings. The van der Waals surface area contributed by atoms with Crippen LogP contribution in [-0.2, 0) is 18.4 Å². The molecule has 0 bridgehead atoms. The largest absolute Gasteiger partial charge is 0.469 e. The molecule has 0 aliphatic heterocycles. The molecule has 0 saturated carbocycles. The number of para-hydroxylation sites is 1. The van der Waals surface area contributed by atoms with Crippen LogP contribution in [0.2, 0.25) is 0 Å². The SMILES string of the molecule is OC1(Cc2nc3ccccc3s2)CCCc2occc21. The lowest BCUT2D eigenvalue weighted by molar-refractivity contribution is 0.0169. The van der Waals surface area contributed by atoms with Gasteiger partial charge in [0.15, 0.2) is 0 Å². The first-order chi connectivity index (χ1) is 9.74. The van der Waals surface area contributed by atoms with Gasteiger partial charge in [0, 0.05) is 18.4 Å². The summed E-state index contributed by atoms with van der Waals surface area (Å²) in [5.41, 5.74) is 1.14. The molecule has 20 heavy (non-hydrogen) atoms. The molecule has 1 unspecified atom stereocenters. The highest BCUT2D eigenvalue weighted by molar-refractivity contribution is 7.18. The van der Waals surface area contributed by atoms with Crippen molar-refractivity contribution in [1.82, 2.24) is 4.98 Å². The lowest BCUT2D eigenvalue weighted by Crippen LogP contribution is -2.32. The second-order valence-corrected chi connectivity index (χ2v) is 6.51. The van der Waals surface area contributed by atoms with Gasteiger partial charge in [-0.1, -0.05) is 12.1 Å². The molecule has 1 atom stereocenters. The number of rotatable bonds is 2. The summed E-state index contributed by atoms with van der Waals surface area (Å²) in [6.45, 7) is 0. The van der Waals surface area contributed by atoms with E-state index >= 15 is 0 Å². The highest BCUT2D eigenvalue weighted by Gasteiger charge is 2.37. The van der Waals surface area contributed by atoms with Crippen LogP contribution in [0.3, 0.4) is 0 Å². The Hall–Kier alpha value is -1.65. The highest BCUT2D eigenvalue weighted by Crippen LogP contribution is 2.39. The quantitative estimate of drug-likeness (QED) is 0.781. The van der Waals surface area contributed by atoms with E-state index in [0.717, 1.165) is 41.1 Å². The molecule has 1 aromatic carbocycles. The van der Waals surface area contributed by atoms with Crippen LogP contribution in [0.5, 0.6) is 0 Å². The van der Waals surface area contributed by atoms with E-state index in [4.69, 9.17) is 4.42 Å². The average molecular weight is 285 g/mol. The predicted octanol–water partition coefficient (Wildman–Crippen LogP) is 3.66.